The molecule has 0 radical (unpaired) electrons. The van der Waals surface area contributed by atoms with E-state index in [1.807, 2.05) is 12.1 Å². The van der Waals surface area contributed by atoms with Gasteiger partial charge >= 0.3 is 0 Å². The highest BCUT2D eigenvalue weighted by Gasteiger charge is 1.97. The highest BCUT2D eigenvalue weighted by atomic mass is 16.1. The molecule has 16 heavy (non-hydrogen) atoms. The van der Waals surface area contributed by atoms with E-state index < -0.39 is 0 Å². The van der Waals surface area contributed by atoms with E-state index >= 15 is 0 Å². The molecule has 0 spiro atoms. The predicted molar refractivity (Wildman–Crippen MR) is 62.8 cm³/mol. The predicted octanol–water partition coefficient (Wildman–Crippen LogP) is -0.834. The number of carbonyl (C=O) groups excluding carboxylic acids is 1. The van der Waals surface area contributed by atoms with E-state index in [2.05, 4.69) is 10.3 Å². The molecular weight excluding hydrogens is 206 g/mol. The summed E-state index contributed by atoms with van der Waals surface area (Å²) in [7, 11) is 0. The Balaban J connectivity index is 2.58. The molecule has 7 N–H and O–H groups in total. The molecule has 0 saturated heterocycles. The van der Waals surface area contributed by atoms with Crippen LogP contribution in [-0.2, 0) is 11.3 Å². The van der Waals surface area contributed by atoms with Gasteiger partial charge in [0.1, 0.15) is 0 Å². The van der Waals surface area contributed by atoms with Crippen molar-refractivity contribution in [2.75, 3.05) is 6.54 Å². The molecule has 1 rings (SSSR count). The Hall–Kier alpha value is -2.08. The Morgan fingerprint density at radius 2 is 1.88 bits per heavy atom. The Morgan fingerprint density at radius 3 is 2.38 bits per heavy atom. The first-order chi connectivity index (χ1) is 7.61. The van der Waals surface area contributed by atoms with Gasteiger partial charge in [0.15, 0.2) is 5.96 Å². The van der Waals surface area contributed by atoms with Gasteiger partial charge in [-0.25, -0.2) is 4.99 Å². The van der Waals surface area contributed by atoms with Crippen LogP contribution in [0.3, 0.4) is 0 Å². The average molecular weight is 221 g/mol. The summed E-state index contributed by atoms with van der Waals surface area (Å²) in [5.74, 6) is -0.169. The molecule has 0 saturated carbocycles. The van der Waals surface area contributed by atoms with Gasteiger partial charge in [-0.1, -0.05) is 12.1 Å². The number of aliphatic imine (C=N–C) groups is 1. The van der Waals surface area contributed by atoms with Crippen LogP contribution in [0.4, 0.5) is 5.69 Å². The van der Waals surface area contributed by atoms with E-state index in [-0.39, 0.29) is 18.4 Å². The Morgan fingerprint density at radius 1 is 1.25 bits per heavy atom. The number of guanidine groups is 1. The van der Waals surface area contributed by atoms with Crippen LogP contribution >= 0.6 is 0 Å². The van der Waals surface area contributed by atoms with E-state index in [9.17, 15) is 4.79 Å². The lowest BCUT2D eigenvalue weighted by Crippen LogP contribution is -2.29. The second-order valence-corrected chi connectivity index (χ2v) is 3.18. The lowest BCUT2D eigenvalue weighted by Gasteiger charge is -2.03. The first-order valence-electron chi connectivity index (χ1n) is 4.77. The molecule has 0 unspecified atom stereocenters. The fraction of sp³-hybridized carbons (Fsp3) is 0.200. The summed E-state index contributed by atoms with van der Waals surface area (Å²) in [6, 6.07) is 7.20. The molecule has 0 aromatic heterocycles. The number of hydrogen-bond acceptors (Lipinski definition) is 3. The van der Waals surface area contributed by atoms with E-state index in [0.717, 1.165) is 5.56 Å². The summed E-state index contributed by atoms with van der Waals surface area (Å²) in [6.07, 6.45) is 0. The van der Waals surface area contributed by atoms with Crippen LogP contribution in [0, 0.1) is 0 Å². The van der Waals surface area contributed by atoms with Gasteiger partial charge in [0.05, 0.1) is 12.2 Å². The summed E-state index contributed by atoms with van der Waals surface area (Å²) in [5.41, 5.74) is 17.3. The summed E-state index contributed by atoms with van der Waals surface area (Å²) < 4.78 is 0. The maximum atomic E-state index is 10.9. The minimum atomic E-state index is -0.187. The van der Waals surface area contributed by atoms with Gasteiger partial charge in [-0.05, 0) is 17.7 Å². The maximum absolute atomic E-state index is 10.9. The van der Waals surface area contributed by atoms with E-state index in [1.54, 1.807) is 12.1 Å². The third-order valence-electron chi connectivity index (χ3n) is 1.87. The molecule has 86 valence electrons. The summed E-state index contributed by atoms with van der Waals surface area (Å²) in [5, 5.41) is 2.66. The van der Waals surface area contributed by atoms with Crippen LogP contribution in [0.25, 0.3) is 0 Å². The van der Waals surface area contributed by atoms with Crippen molar-refractivity contribution in [3.05, 3.63) is 29.8 Å². The van der Waals surface area contributed by atoms with Crippen molar-refractivity contribution in [3.63, 3.8) is 0 Å². The molecule has 6 nitrogen and oxygen atoms in total. The lowest BCUT2D eigenvalue weighted by atomic mass is 10.2. The van der Waals surface area contributed by atoms with E-state index in [4.69, 9.17) is 17.2 Å². The largest absolute Gasteiger partial charge is 0.370 e. The standard InChI is InChI=1S/C10H15N5O/c11-5-9(16)14-6-7-1-3-8(4-2-7)15-10(12)13/h1-4H,5-6,11H2,(H,14,16)(H4,12,13,15). The van der Waals surface area contributed by atoms with Gasteiger partial charge in [0.2, 0.25) is 5.91 Å². The molecule has 1 amide bonds. The van der Waals surface area contributed by atoms with Gasteiger partial charge in [-0.15, -0.1) is 0 Å². The first-order valence-corrected chi connectivity index (χ1v) is 4.77. The van der Waals surface area contributed by atoms with Crippen LogP contribution in [0.15, 0.2) is 29.3 Å². The third-order valence-corrected chi connectivity index (χ3v) is 1.87. The smallest absolute Gasteiger partial charge is 0.234 e. The number of amides is 1. The molecule has 0 fully saturated rings. The molecule has 1 aromatic rings. The first kappa shape index (κ1) is 12.0. The van der Waals surface area contributed by atoms with Gasteiger partial charge in [0, 0.05) is 6.54 Å². The zero-order chi connectivity index (χ0) is 12.0. The zero-order valence-corrected chi connectivity index (χ0v) is 8.81. The number of nitrogens with two attached hydrogens (primary N) is 3. The Kier molecular flexibility index (Phi) is 4.28. The number of benzene rings is 1. The molecule has 0 bridgehead atoms. The van der Waals surface area contributed by atoms with Crippen molar-refractivity contribution in [2.45, 2.75) is 6.54 Å². The van der Waals surface area contributed by atoms with Crippen LogP contribution < -0.4 is 22.5 Å². The molecule has 0 aliphatic heterocycles. The van der Waals surface area contributed by atoms with Crippen LogP contribution in [0.1, 0.15) is 5.56 Å². The maximum Gasteiger partial charge on any atom is 0.234 e. The van der Waals surface area contributed by atoms with Crippen molar-refractivity contribution in [2.24, 2.45) is 22.2 Å². The minimum Gasteiger partial charge on any atom is -0.370 e. The monoisotopic (exact) mass is 221 g/mol. The molecule has 6 heteroatoms. The van der Waals surface area contributed by atoms with Crippen molar-refractivity contribution >= 4 is 17.6 Å². The van der Waals surface area contributed by atoms with E-state index in [1.165, 1.54) is 0 Å². The van der Waals surface area contributed by atoms with Crippen LogP contribution in [0.2, 0.25) is 0 Å². The van der Waals surface area contributed by atoms with Crippen LogP contribution in [-0.4, -0.2) is 18.4 Å². The molecule has 0 aliphatic carbocycles. The normalized spacial score (nSPS) is 9.56. The quantitative estimate of drug-likeness (QED) is 0.391. The molecule has 0 heterocycles. The fourth-order valence-electron chi connectivity index (χ4n) is 1.11. The fourth-order valence-corrected chi connectivity index (χ4v) is 1.11. The van der Waals surface area contributed by atoms with Crippen molar-refractivity contribution < 1.29 is 4.79 Å². The topological polar surface area (TPSA) is 120 Å². The number of nitrogens with zero attached hydrogens (tertiary/aromatic N) is 1. The number of hydrogen-bond donors (Lipinski definition) is 4. The van der Waals surface area contributed by atoms with Gasteiger partial charge < -0.3 is 22.5 Å². The Labute approximate surface area is 93.5 Å². The van der Waals surface area contributed by atoms with E-state index in [0.29, 0.717) is 12.2 Å². The highest BCUT2D eigenvalue weighted by Crippen LogP contribution is 2.12. The third kappa shape index (κ3) is 3.97. The second kappa shape index (κ2) is 5.72. The number of nitrogens with one attached hydrogen (secondary N) is 1. The summed E-state index contributed by atoms with van der Waals surface area (Å²) in [4.78, 5) is 14.8. The lowest BCUT2D eigenvalue weighted by molar-refractivity contribution is -0.119. The van der Waals surface area contributed by atoms with Crippen molar-refractivity contribution in [3.8, 4) is 0 Å². The minimum absolute atomic E-state index is 0.00785. The average Bonchev–Trinajstić information content (AvgIpc) is 2.27. The number of rotatable bonds is 4. The zero-order valence-electron chi connectivity index (χ0n) is 8.81. The molecule has 0 aliphatic rings. The van der Waals surface area contributed by atoms with Gasteiger partial charge in [-0.3, -0.25) is 4.79 Å². The van der Waals surface area contributed by atoms with Crippen molar-refractivity contribution in [1.29, 1.82) is 0 Å². The highest BCUT2D eigenvalue weighted by molar-refractivity contribution is 5.79. The SMILES string of the molecule is NCC(=O)NCc1ccc(N=C(N)N)cc1. The second-order valence-electron chi connectivity index (χ2n) is 3.18. The number of carbonyl (C=O) groups is 1. The van der Waals surface area contributed by atoms with Gasteiger partial charge in [-0.2, -0.15) is 0 Å². The Bertz CT molecular complexity index is 381. The van der Waals surface area contributed by atoms with Crippen molar-refractivity contribution in [1.82, 2.24) is 5.32 Å². The molecule has 1 aromatic carbocycles. The van der Waals surface area contributed by atoms with Gasteiger partial charge in [0.25, 0.3) is 0 Å². The summed E-state index contributed by atoms with van der Waals surface area (Å²) in [6.45, 7) is 0.435. The van der Waals surface area contributed by atoms with Crippen LogP contribution in [0.5, 0.6) is 0 Å². The summed E-state index contributed by atoms with van der Waals surface area (Å²) >= 11 is 0. The molecular formula is C10H15N5O. The molecule has 0 atom stereocenters.